The summed E-state index contributed by atoms with van der Waals surface area (Å²) in [5.74, 6) is 0.0178. The van der Waals surface area contributed by atoms with Crippen LogP contribution in [0.4, 0.5) is 11.4 Å². The van der Waals surface area contributed by atoms with Crippen molar-refractivity contribution < 1.29 is 19.1 Å². The molecule has 4 rings (SSSR count). The van der Waals surface area contributed by atoms with Gasteiger partial charge in [-0.15, -0.1) is 0 Å². The topological polar surface area (TPSA) is 76.7 Å². The van der Waals surface area contributed by atoms with Gasteiger partial charge in [-0.05, 0) is 73.5 Å². The first-order chi connectivity index (χ1) is 19.7. The molecule has 0 radical (unpaired) electrons. The summed E-state index contributed by atoms with van der Waals surface area (Å²) < 4.78 is 11.0. The third-order valence-electron chi connectivity index (χ3n) is 6.49. The smallest absolute Gasteiger partial charge is 0.337 e. The Bertz CT molecular complexity index is 1410. The molecule has 6 heteroatoms. The van der Waals surface area contributed by atoms with E-state index in [-0.39, 0.29) is 5.41 Å². The van der Waals surface area contributed by atoms with E-state index in [0.29, 0.717) is 22.9 Å². The van der Waals surface area contributed by atoms with Crippen molar-refractivity contribution in [3.63, 3.8) is 0 Å². The standard InChI is InChI=1S/C35H34N2O4/c1-25(36-29-11-7-5-8-12-29)23-33(38)40-31-19-15-27(16-20-31)35(3,4)28-17-21-32(22-18-28)41-34(39)24-26(2)37-30-13-9-6-10-14-30/h5-24,36-37H,1-4H3/b25-23-,26-24-. The monoisotopic (exact) mass is 546 g/mol. The van der Waals surface area contributed by atoms with Gasteiger partial charge in [-0.25, -0.2) is 9.59 Å². The molecular weight excluding hydrogens is 512 g/mol. The van der Waals surface area contributed by atoms with Gasteiger partial charge >= 0.3 is 11.9 Å². The zero-order valence-corrected chi connectivity index (χ0v) is 23.7. The Morgan fingerprint density at radius 2 is 0.902 bits per heavy atom. The number of nitrogens with one attached hydrogen (secondary N) is 2. The molecule has 4 aromatic rings. The lowest BCUT2D eigenvalue weighted by Crippen LogP contribution is -2.19. The lowest BCUT2D eigenvalue weighted by atomic mass is 9.78. The molecule has 0 atom stereocenters. The van der Waals surface area contributed by atoms with Gasteiger partial charge in [0.05, 0.1) is 0 Å². The molecule has 41 heavy (non-hydrogen) atoms. The summed E-state index contributed by atoms with van der Waals surface area (Å²) in [5, 5.41) is 6.33. The Morgan fingerprint density at radius 1 is 0.561 bits per heavy atom. The van der Waals surface area contributed by atoms with Crippen LogP contribution in [0.5, 0.6) is 11.5 Å². The van der Waals surface area contributed by atoms with Gasteiger partial charge in [0.25, 0.3) is 0 Å². The molecule has 0 fully saturated rings. The van der Waals surface area contributed by atoms with Crippen LogP contribution in [0, 0.1) is 0 Å². The molecule has 0 spiro atoms. The molecule has 208 valence electrons. The van der Waals surface area contributed by atoms with Gasteiger partial charge < -0.3 is 20.1 Å². The molecule has 0 aromatic heterocycles. The first-order valence-electron chi connectivity index (χ1n) is 13.3. The average Bonchev–Trinajstić information content (AvgIpc) is 2.94. The number of benzene rings is 4. The third-order valence-corrected chi connectivity index (χ3v) is 6.49. The maximum absolute atomic E-state index is 12.4. The van der Waals surface area contributed by atoms with E-state index < -0.39 is 11.9 Å². The zero-order valence-electron chi connectivity index (χ0n) is 23.7. The van der Waals surface area contributed by atoms with Gasteiger partial charge in [0, 0.05) is 40.3 Å². The number of ether oxygens (including phenoxy) is 2. The maximum atomic E-state index is 12.4. The number of carbonyl (C=O) groups excluding carboxylic acids is 2. The second kappa shape index (κ2) is 13.3. The number of rotatable bonds is 10. The second-order valence-electron chi connectivity index (χ2n) is 10.2. The molecule has 0 aliphatic carbocycles. The Kier molecular flexibility index (Phi) is 9.38. The Labute approximate surface area is 241 Å². The molecule has 0 aliphatic heterocycles. The fourth-order valence-corrected chi connectivity index (χ4v) is 4.26. The predicted molar refractivity (Wildman–Crippen MR) is 164 cm³/mol. The summed E-state index contributed by atoms with van der Waals surface area (Å²) in [5.41, 5.74) is 4.92. The minimum atomic E-state index is -0.455. The molecule has 2 N–H and O–H groups in total. The number of allylic oxidation sites excluding steroid dienone is 2. The van der Waals surface area contributed by atoms with Gasteiger partial charge in [0.2, 0.25) is 0 Å². The Morgan fingerprint density at radius 3 is 1.24 bits per heavy atom. The Balaban J connectivity index is 1.34. The van der Waals surface area contributed by atoms with Crippen LogP contribution in [-0.4, -0.2) is 11.9 Å². The van der Waals surface area contributed by atoms with Crippen molar-refractivity contribution in [3.8, 4) is 11.5 Å². The summed E-state index contributed by atoms with van der Waals surface area (Å²) in [6.07, 6.45) is 2.85. The normalized spacial score (nSPS) is 11.9. The first kappa shape index (κ1) is 28.9. The lowest BCUT2D eigenvalue weighted by molar-refractivity contribution is -0.129. The van der Waals surface area contributed by atoms with Gasteiger partial charge in [-0.3, -0.25) is 0 Å². The van der Waals surface area contributed by atoms with Crippen LogP contribution in [0.1, 0.15) is 38.8 Å². The van der Waals surface area contributed by atoms with Gasteiger partial charge in [-0.2, -0.15) is 0 Å². The van der Waals surface area contributed by atoms with E-state index in [1.54, 1.807) is 24.3 Å². The zero-order chi connectivity index (χ0) is 29.2. The molecule has 0 saturated heterocycles. The van der Waals surface area contributed by atoms with Crippen LogP contribution in [0.25, 0.3) is 0 Å². The van der Waals surface area contributed by atoms with Crippen LogP contribution in [0.15, 0.2) is 133 Å². The van der Waals surface area contributed by atoms with Crippen molar-refractivity contribution in [1.82, 2.24) is 0 Å². The van der Waals surface area contributed by atoms with Crippen LogP contribution in [0.2, 0.25) is 0 Å². The van der Waals surface area contributed by atoms with E-state index in [0.717, 1.165) is 22.5 Å². The van der Waals surface area contributed by atoms with Crippen molar-refractivity contribution in [2.45, 2.75) is 33.1 Å². The molecule has 0 heterocycles. The molecule has 0 amide bonds. The van der Waals surface area contributed by atoms with E-state index in [4.69, 9.17) is 9.47 Å². The highest BCUT2D eigenvalue weighted by atomic mass is 16.5. The average molecular weight is 547 g/mol. The van der Waals surface area contributed by atoms with E-state index in [1.165, 1.54) is 12.2 Å². The van der Waals surface area contributed by atoms with Crippen LogP contribution >= 0.6 is 0 Å². The van der Waals surface area contributed by atoms with E-state index in [9.17, 15) is 9.59 Å². The van der Waals surface area contributed by atoms with Gasteiger partial charge in [-0.1, -0.05) is 74.5 Å². The summed E-state index contributed by atoms with van der Waals surface area (Å²) in [4.78, 5) is 24.8. The molecule has 0 aliphatic rings. The molecule has 4 aromatic carbocycles. The highest BCUT2D eigenvalue weighted by Gasteiger charge is 2.23. The van der Waals surface area contributed by atoms with Crippen molar-refractivity contribution in [2.24, 2.45) is 0 Å². The molecule has 6 nitrogen and oxygen atoms in total. The lowest BCUT2D eigenvalue weighted by Gasteiger charge is -2.26. The molecule has 0 bridgehead atoms. The number of para-hydroxylation sites is 2. The highest BCUT2D eigenvalue weighted by Crippen LogP contribution is 2.33. The fraction of sp³-hybridized carbons (Fsp3) is 0.143. The van der Waals surface area contributed by atoms with E-state index >= 15 is 0 Å². The highest BCUT2D eigenvalue weighted by molar-refractivity contribution is 5.86. The van der Waals surface area contributed by atoms with Crippen molar-refractivity contribution >= 4 is 23.3 Å². The molecule has 0 unspecified atom stereocenters. The molecular formula is C35H34N2O4. The molecule has 0 saturated carbocycles. The number of hydrogen-bond acceptors (Lipinski definition) is 6. The second-order valence-corrected chi connectivity index (χ2v) is 10.2. The summed E-state index contributed by atoms with van der Waals surface area (Å²) in [6, 6.07) is 34.2. The van der Waals surface area contributed by atoms with Gasteiger partial charge in [0.15, 0.2) is 0 Å². The minimum Gasteiger partial charge on any atom is -0.423 e. The van der Waals surface area contributed by atoms with Crippen LogP contribution < -0.4 is 20.1 Å². The first-order valence-corrected chi connectivity index (χ1v) is 13.3. The van der Waals surface area contributed by atoms with Crippen LogP contribution in [0.3, 0.4) is 0 Å². The summed E-state index contributed by atoms with van der Waals surface area (Å²) >= 11 is 0. The predicted octanol–water partition coefficient (Wildman–Crippen LogP) is 7.86. The summed E-state index contributed by atoms with van der Waals surface area (Å²) in [7, 11) is 0. The fourth-order valence-electron chi connectivity index (χ4n) is 4.26. The number of carbonyl (C=O) groups is 2. The van der Waals surface area contributed by atoms with E-state index in [1.807, 2.05) is 98.8 Å². The van der Waals surface area contributed by atoms with Crippen LogP contribution in [-0.2, 0) is 15.0 Å². The minimum absolute atomic E-state index is 0.336. The van der Waals surface area contributed by atoms with Crippen molar-refractivity contribution in [1.29, 1.82) is 0 Å². The third kappa shape index (κ3) is 8.44. The summed E-state index contributed by atoms with van der Waals surface area (Å²) in [6.45, 7) is 7.84. The quantitative estimate of drug-likeness (QED) is 0.120. The number of esters is 2. The SMILES string of the molecule is C/C(=C/C(=O)Oc1ccc(C(C)(C)c2ccc(OC(=O)/C=C(/C)Nc3ccccc3)cc2)cc1)Nc1ccccc1. The maximum Gasteiger partial charge on any atom is 0.337 e. The number of anilines is 2. The van der Waals surface area contributed by atoms with Crippen molar-refractivity contribution in [3.05, 3.63) is 144 Å². The number of hydrogen-bond donors (Lipinski definition) is 2. The Hall–Kier alpha value is -5.10. The van der Waals surface area contributed by atoms with Gasteiger partial charge in [0.1, 0.15) is 11.5 Å². The van der Waals surface area contributed by atoms with Crippen molar-refractivity contribution in [2.75, 3.05) is 10.6 Å². The largest absolute Gasteiger partial charge is 0.423 e. The van der Waals surface area contributed by atoms with E-state index in [2.05, 4.69) is 24.5 Å².